The Morgan fingerprint density at radius 2 is 1.90 bits per heavy atom. The van der Waals surface area contributed by atoms with Gasteiger partial charge in [0.15, 0.2) is 17.7 Å². The van der Waals surface area contributed by atoms with Crippen LogP contribution in [0.25, 0.3) is 0 Å². The topological polar surface area (TPSA) is 18.5 Å². The zero-order chi connectivity index (χ0) is 15.1. The van der Waals surface area contributed by atoms with Gasteiger partial charge in [0.1, 0.15) is 0 Å². The lowest BCUT2D eigenvalue weighted by Gasteiger charge is -2.22. The predicted molar refractivity (Wildman–Crippen MR) is 60.6 cm³/mol. The van der Waals surface area contributed by atoms with Crippen LogP contribution in [0, 0.1) is 17.6 Å². The average Bonchev–Trinajstić information content (AvgIpc) is 2.74. The van der Waals surface area contributed by atoms with E-state index < -0.39 is 35.8 Å². The second-order valence-electron chi connectivity index (χ2n) is 4.74. The van der Waals surface area contributed by atoms with E-state index >= 15 is 0 Å². The van der Waals surface area contributed by atoms with Crippen LogP contribution in [-0.2, 0) is 4.74 Å². The van der Waals surface area contributed by atoms with Gasteiger partial charge in [-0.15, -0.1) is 0 Å². The minimum atomic E-state index is -4.49. The summed E-state index contributed by atoms with van der Waals surface area (Å²) in [4.78, 5) is 0. The fourth-order valence-corrected chi connectivity index (χ4v) is 2.53. The smallest absolute Gasteiger partial charge is 0.414 e. The van der Waals surface area contributed by atoms with Crippen LogP contribution >= 0.6 is 0 Å². The van der Waals surface area contributed by atoms with Crippen molar-refractivity contribution in [2.45, 2.75) is 25.1 Å². The molecule has 0 radical (unpaired) electrons. The average molecular weight is 296 g/mol. The largest absolute Gasteiger partial charge is 0.493 e. The van der Waals surface area contributed by atoms with Crippen LogP contribution in [0.3, 0.4) is 0 Å². The summed E-state index contributed by atoms with van der Waals surface area (Å²) in [5.74, 6) is -4.29. The molecule has 0 saturated carbocycles. The highest BCUT2D eigenvalue weighted by Gasteiger charge is 2.51. The van der Waals surface area contributed by atoms with E-state index in [1.54, 1.807) is 0 Å². The molecular weight excluding hydrogens is 283 g/mol. The Morgan fingerprint density at radius 1 is 1.25 bits per heavy atom. The third-order valence-electron chi connectivity index (χ3n) is 3.57. The Morgan fingerprint density at radius 3 is 2.40 bits per heavy atom. The van der Waals surface area contributed by atoms with Crippen molar-refractivity contribution in [3.63, 3.8) is 0 Å². The van der Waals surface area contributed by atoms with Gasteiger partial charge in [0, 0.05) is 17.4 Å². The number of rotatable bonds is 2. The lowest BCUT2D eigenvalue weighted by atomic mass is 9.86. The van der Waals surface area contributed by atoms with Crippen LogP contribution in [0.5, 0.6) is 5.75 Å². The normalized spacial score (nSPS) is 26.9. The van der Waals surface area contributed by atoms with Gasteiger partial charge in [0.2, 0.25) is 5.82 Å². The zero-order valence-corrected chi connectivity index (χ0v) is 10.8. The molecule has 3 unspecified atom stereocenters. The van der Waals surface area contributed by atoms with Crippen LogP contribution in [0.4, 0.5) is 22.0 Å². The van der Waals surface area contributed by atoms with E-state index in [-0.39, 0.29) is 17.9 Å². The van der Waals surface area contributed by atoms with Crippen LogP contribution in [-0.4, -0.2) is 26.0 Å². The van der Waals surface area contributed by atoms with Crippen LogP contribution in [0.1, 0.15) is 18.4 Å². The lowest BCUT2D eigenvalue weighted by molar-refractivity contribution is -0.215. The maximum atomic E-state index is 13.6. The third kappa shape index (κ3) is 2.46. The number of hydrogen-bond donors (Lipinski definition) is 0. The first-order valence-electron chi connectivity index (χ1n) is 5.97. The van der Waals surface area contributed by atoms with E-state index in [9.17, 15) is 22.0 Å². The van der Waals surface area contributed by atoms with Crippen molar-refractivity contribution in [3.8, 4) is 5.75 Å². The first-order chi connectivity index (χ1) is 9.27. The molecule has 20 heavy (non-hydrogen) atoms. The minimum absolute atomic E-state index is 0.186. The number of benzene rings is 1. The van der Waals surface area contributed by atoms with Gasteiger partial charge in [0.25, 0.3) is 0 Å². The SMILES string of the molecule is COc1c(C2COC(C(F)(F)F)C2C)ccc(F)c1F. The summed E-state index contributed by atoms with van der Waals surface area (Å²) >= 11 is 0. The van der Waals surface area contributed by atoms with Gasteiger partial charge in [-0.3, -0.25) is 0 Å². The van der Waals surface area contributed by atoms with Gasteiger partial charge < -0.3 is 9.47 Å². The van der Waals surface area contributed by atoms with Crippen molar-refractivity contribution in [1.29, 1.82) is 0 Å². The van der Waals surface area contributed by atoms with Gasteiger partial charge in [-0.25, -0.2) is 4.39 Å². The van der Waals surface area contributed by atoms with Crippen molar-refractivity contribution in [2.24, 2.45) is 5.92 Å². The molecule has 0 aromatic heterocycles. The molecule has 2 rings (SSSR count). The van der Waals surface area contributed by atoms with E-state index in [4.69, 9.17) is 9.47 Å². The van der Waals surface area contributed by atoms with Gasteiger partial charge in [-0.05, 0) is 6.07 Å². The minimum Gasteiger partial charge on any atom is -0.493 e. The lowest BCUT2D eigenvalue weighted by Crippen LogP contribution is -2.33. The van der Waals surface area contributed by atoms with E-state index in [1.807, 2.05) is 0 Å². The van der Waals surface area contributed by atoms with Crippen LogP contribution in [0.2, 0.25) is 0 Å². The third-order valence-corrected chi connectivity index (χ3v) is 3.57. The van der Waals surface area contributed by atoms with Crippen LogP contribution in [0.15, 0.2) is 12.1 Å². The molecule has 1 fully saturated rings. The van der Waals surface area contributed by atoms with Crippen LogP contribution < -0.4 is 4.74 Å². The van der Waals surface area contributed by atoms with Crippen molar-refractivity contribution < 1.29 is 31.4 Å². The molecule has 1 aliphatic rings. The quantitative estimate of drug-likeness (QED) is 0.776. The monoisotopic (exact) mass is 296 g/mol. The Balaban J connectivity index is 2.37. The molecule has 3 atom stereocenters. The molecule has 1 aromatic rings. The predicted octanol–water partition coefficient (Wildman–Crippen LogP) is 3.65. The molecule has 1 aromatic carbocycles. The molecule has 0 amide bonds. The number of methoxy groups -OCH3 is 1. The van der Waals surface area contributed by atoms with Crippen molar-refractivity contribution in [3.05, 3.63) is 29.3 Å². The highest BCUT2D eigenvalue weighted by atomic mass is 19.4. The summed E-state index contributed by atoms with van der Waals surface area (Å²) in [6, 6.07) is 2.11. The summed E-state index contributed by atoms with van der Waals surface area (Å²) in [5.41, 5.74) is 0.186. The van der Waals surface area contributed by atoms with Gasteiger partial charge in [-0.2, -0.15) is 17.6 Å². The summed E-state index contributed by atoms with van der Waals surface area (Å²) in [6.45, 7) is 1.16. The molecule has 0 N–H and O–H groups in total. The number of ether oxygens (including phenoxy) is 2. The maximum Gasteiger partial charge on any atom is 0.414 e. The second-order valence-corrected chi connectivity index (χ2v) is 4.74. The summed E-state index contributed by atoms with van der Waals surface area (Å²) < 4.78 is 74.5. The number of halogens is 5. The number of alkyl halides is 3. The molecule has 1 heterocycles. The van der Waals surface area contributed by atoms with Crippen molar-refractivity contribution in [2.75, 3.05) is 13.7 Å². The van der Waals surface area contributed by atoms with Crippen molar-refractivity contribution in [1.82, 2.24) is 0 Å². The van der Waals surface area contributed by atoms with E-state index in [1.165, 1.54) is 13.0 Å². The highest BCUT2D eigenvalue weighted by Crippen LogP contribution is 2.45. The molecule has 2 nitrogen and oxygen atoms in total. The molecular formula is C13H13F5O2. The molecule has 112 valence electrons. The van der Waals surface area contributed by atoms with Gasteiger partial charge in [-0.1, -0.05) is 13.0 Å². The highest BCUT2D eigenvalue weighted by molar-refractivity contribution is 5.39. The Bertz CT molecular complexity index is 500. The van der Waals surface area contributed by atoms with Gasteiger partial charge in [0.05, 0.1) is 13.7 Å². The maximum absolute atomic E-state index is 13.6. The first kappa shape index (κ1) is 15.0. The Hall–Kier alpha value is -1.37. The summed E-state index contributed by atoms with van der Waals surface area (Å²) in [5, 5.41) is 0. The Kier molecular flexibility index (Phi) is 3.90. The molecule has 0 bridgehead atoms. The van der Waals surface area contributed by atoms with Crippen molar-refractivity contribution >= 4 is 0 Å². The van der Waals surface area contributed by atoms with Gasteiger partial charge >= 0.3 is 6.18 Å². The van der Waals surface area contributed by atoms with E-state index in [0.717, 1.165) is 13.2 Å². The zero-order valence-electron chi connectivity index (χ0n) is 10.8. The first-order valence-corrected chi connectivity index (χ1v) is 5.97. The molecule has 0 spiro atoms. The molecule has 1 saturated heterocycles. The molecule has 0 aliphatic carbocycles. The summed E-state index contributed by atoms with van der Waals surface area (Å²) in [6.07, 6.45) is -6.40. The van der Waals surface area contributed by atoms with E-state index in [0.29, 0.717) is 0 Å². The Labute approximate surface area is 112 Å². The van der Waals surface area contributed by atoms with E-state index in [2.05, 4.69) is 0 Å². The molecule has 1 aliphatic heterocycles. The summed E-state index contributed by atoms with van der Waals surface area (Å²) in [7, 11) is 1.14. The second kappa shape index (κ2) is 5.20. The standard InChI is InChI=1S/C13H13F5O2/c1-6-8(5-20-12(6)13(16,17)18)7-3-4-9(14)10(15)11(7)19-2/h3-4,6,8,12H,5H2,1-2H3. The number of hydrogen-bond acceptors (Lipinski definition) is 2. The fraction of sp³-hybridized carbons (Fsp3) is 0.538. The fourth-order valence-electron chi connectivity index (χ4n) is 2.53. The molecule has 7 heteroatoms.